The van der Waals surface area contributed by atoms with Crippen LogP contribution >= 0.6 is 22.6 Å². The summed E-state index contributed by atoms with van der Waals surface area (Å²) in [4.78, 5) is 15.2. The molecule has 3 aliphatic rings. The van der Waals surface area contributed by atoms with E-state index in [-0.39, 0.29) is 17.3 Å². The quantitative estimate of drug-likeness (QED) is 0.385. The van der Waals surface area contributed by atoms with Crippen LogP contribution in [0.2, 0.25) is 0 Å². The van der Waals surface area contributed by atoms with Crippen LogP contribution in [0.15, 0.2) is 30.3 Å². The van der Waals surface area contributed by atoms with Crippen molar-refractivity contribution in [3.8, 4) is 5.75 Å². The van der Waals surface area contributed by atoms with E-state index in [0.29, 0.717) is 17.0 Å². The third-order valence-corrected chi connectivity index (χ3v) is 6.69. The van der Waals surface area contributed by atoms with E-state index in [1.807, 2.05) is 6.07 Å². The number of nitrogens with one attached hydrogen (secondary N) is 1. The van der Waals surface area contributed by atoms with E-state index in [2.05, 4.69) is 46.7 Å². The first-order valence-corrected chi connectivity index (χ1v) is 11.3. The van der Waals surface area contributed by atoms with Crippen LogP contribution in [-0.2, 0) is 0 Å². The molecule has 4 rings (SSSR count). The maximum Gasteiger partial charge on any atom is 0.255 e. The Morgan fingerprint density at radius 3 is 2.43 bits per heavy atom. The zero-order valence-electron chi connectivity index (χ0n) is 17.7. The molecule has 7 heteroatoms. The molecule has 2 aliphatic carbocycles. The summed E-state index contributed by atoms with van der Waals surface area (Å²) in [6.07, 6.45) is 3.10. The number of hydrogen-bond donors (Lipinski definition) is 2. The largest absolute Gasteiger partial charge is 0.496 e. The predicted molar refractivity (Wildman–Crippen MR) is 126 cm³/mol. The monoisotopic (exact) mass is 525 g/mol. The van der Waals surface area contributed by atoms with Crippen molar-refractivity contribution in [2.24, 2.45) is 0 Å². The molecule has 0 unspecified atom stereocenters. The summed E-state index contributed by atoms with van der Waals surface area (Å²) in [7, 11) is 1.56. The highest BCUT2D eigenvalue weighted by atomic mass is 127. The highest BCUT2D eigenvalue weighted by Gasteiger charge is 2.32. The van der Waals surface area contributed by atoms with E-state index in [4.69, 9.17) is 10.5 Å². The first-order chi connectivity index (χ1) is 14.3. The molecule has 1 amide bonds. The second kappa shape index (κ2) is 9.51. The molecular formula is C23H29FIN3O2. The maximum absolute atomic E-state index is 12.7. The Morgan fingerprint density at radius 1 is 1.30 bits per heavy atom. The van der Waals surface area contributed by atoms with Gasteiger partial charge in [-0.25, -0.2) is 4.39 Å². The van der Waals surface area contributed by atoms with Crippen molar-refractivity contribution < 1.29 is 13.9 Å². The Labute approximate surface area is 190 Å². The van der Waals surface area contributed by atoms with Crippen LogP contribution in [0.4, 0.5) is 10.1 Å². The molecule has 3 N–H and O–H groups in total. The Balaban J connectivity index is 0.000000302. The van der Waals surface area contributed by atoms with E-state index in [1.54, 1.807) is 25.3 Å². The summed E-state index contributed by atoms with van der Waals surface area (Å²) >= 11 is 2.14. The number of rotatable bonds is 5. The van der Waals surface area contributed by atoms with Gasteiger partial charge in [-0.3, -0.25) is 4.79 Å². The van der Waals surface area contributed by atoms with Crippen molar-refractivity contribution in [2.75, 3.05) is 32.5 Å². The number of nitrogens with zero attached hydrogens (tertiary/aromatic N) is 1. The molecule has 1 saturated heterocycles. The van der Waals surface area contributed by atoms with E-state index in [0.717, 1.165) is 46.5 Å². The predicted octanol–water partition coefficient (Wildman–Crippen LogP) is 4.30. The zero-order chi connectivity index (χ0) is 21.9. The third kappa shape index (κ3) is 5.06. The maximum atomic E-state index is 12.7. The van der Waals surface area contributed by atoms with Gasteiger partial charge in [-0.1, -0.05) is 19.1 Å². The lowest BCUT2D eigenvalue weighted by atomic mass is 9.89. The number of methoxy groups -OCH3 is 1. The van der Waals surface area contributed by atoms with Crippen molar-refractivity contribution in [2.45, 2.75) is 38.6 Å². The summed E-state index contributed by atoms with van der Waals surface area (Å²) in [5.41, 5.74) is 6.89. The molecule has 5 nitrogen and oxygen atoms in total. The number of likely N-dealkylation sites (tertiary alicyclic amines) is 1. The molecule has 0 bridgehead atoms. The molecular weight excluding hydrogens is 496 g/mol. The summed E-state index contributed by atoms with van der Waals surface area (Å²) in [6, 6.07) is 8.72. The average molecular weight is 525 g/mol. The number of amides is 1. The highest BCUT2D eigenvalue weighted by molar-refractivity contribution is 14.1. The number of ether oxygens (including phenoxy) is 1. The molecule has 1 fully saturated rings. The lowest BCUT2D eigenvalue weighted by molar-refractivity contribution is 0.0831. The molecule has 0 saturated carbocycles. The van der Waals surface area contributed by atoms with Gasteiger partial charge < -0.3 is 20.7 Å². The van der Waals surface area contributed by atoms with Crippen LogP contribution in [0, 0.1) is 19.8 Å². The minimum atomic E-state index is -0.168. The lowest BCUT2D eigenvalue weighted by Gasteiger charge is -2.40. The summed E-state index contributed by atoms with van der Waals surface area (Å²) in [5, 5.41) is 5.08. The van der Waals surface area contributed by atoms with Crippen LogP contribution in [0.3, 0.4) is 0 Å². The Morgan fingerprint density at radius 2 is 2.00 bits per heavy atom. The van der Waals surface area contributed by atoms with Crippen molar-refractivity contribution in [3.05, 3.63) is 55.7 Å². The van der Waals surface area contributed by atoms with E-state index < -0.39 is 0 Å². The molecule has 0 atom stereocenters. The van der Waals surface area contributed by atoms with E-state index in [1.165, 1.54) is 12.5 Å². The number of nitrogens with two attached hydrogens (primary N) is 1. The molecule has 1 aliphatic heterocycles. The van der Waals surface area contributed by atoms with Gasteiger partial charge in [0.25, 0.3) is 5.91 Å². The minimum Gasteiger partial charge on any atom is -0.496 e. The Bertz CT molecular complexity index is 1020. The highest BCUT2D eigenvalue weighted by Crippen LogP contribution is 2.28. The van der Waals surface area contributed by atoms with Gasteiger partial charge in [0.1, 0.15) is 11.6 Å². The number of carbonyl (C=O) groups excluding carboxylic acids is 1. The van der Waals surface area contributed by atoms with Crippen LogP contribution in [0.1, 0.15) is 43.5 Å². The fraction of sp³-hybridized carbons (Fsp3) is 0.435. The van der Waals surface area contributed by atoms with E-state index >= 15 is 0 Å². The van der Waals surface area contributed by atoms with Gasteiger partial charge in [0.05, 0.1) is 12.7 Å². The smallest absolute Gasteiger partial charge is 0.255 e. The van der Waals surface area contributed by atoms with Gasteiger partial charge in [-0.2, -0.15) is 0 Å². The molecule has 1 heterocycles. The van der Waals surface area contributed by atoms with Crippen molar-refractivity contribution in [1.82, 2.24) is 10.2 Å². The number of halogens is 2. The molecule has 0 radical (unpaired) electrons. The van der Waals surface area contributed by atoms with Gasteiger partial charge in [-0.15, -0.1) is 0 Å². The first kappa shape index (κ1) is 22.8. The minimum absolute atomic E-state index is 0.0579. The summed E-state index contributed by atoms with van der Waals surface area (Å²) < 4.78 is 18.1. The van der Waals surface area contributed by atoms with Crippen LogP contribution in [0.25, 0.3) is 0 Å². The molecule has 1 aromatic carbocycles. The Hall–Kier alpha value is -1.87. The van der Waals surface area contributed by atoms with Gasteiger partial charge >= 0.3 is 0 Å². The summed E-state index contributed by atoms with van der Waals surface area (Å²) in [6.45, 7) is 7.52. The second-order valence-electron chi connectivity index (χ2n) is 8.13. The SMILES string of the molecule is CCCN1CCC(C)(NC(=O)c2cc(I)c(N)cc2OC)CC1.Fc1cc2ccc1=2. The standard InChI is InChI=1S/C17H26IN3O2.C6H3F/c1-4-7-21-8-5-17(2,6-9-21)20-16(22)12-10-13(18)14(19)11-15(12)23-3;7-6-3-4-1-2-5(4)6/h10-11H,4-9,19H2,1-3H3,(H,20,22);1-3H. The van der Waals surface area contributed by atoms with Crippen LogP contribution in [-0.4, -0.2) is 43.1 Å². The summed E-state index contributed by atoms with van der Waals surface area (Å²) in [5.74, 6) is 0.371. The molecule has 162 valence electrons. The van der Waals surface area contributed by atoms with Crippen LogP contribution in [0.5, 0.6) is 5.75 Å². The topological polar surface area (TPSA) is 67.6 Å². The average Bonchev–Trinajstić information content (AvgIpc) is 2.70. The number of benzene rings is 2. The number of anilines is 1. The zero-order valence-corrected chi connectivity index (χ0v) is 19.9. The molecule has 30 heavy (non-hydrogen) atoms. The normalized spacial score (nSPS) is 16.3. The van der Waals surface area contributed by atoms with Crippen LogP contribution < -0.4 is 15.8 Å². The van der Waals surface area contributed by atoms with Gasteiger partial charge in [0, 0.05) is 39.2 Å². The van der Waals surface area contributed by atoms with Gasteiger partial charge in [-0.05, 0) is 72.7 Å². The second-order valence-corrected chi connectivity index (χ2v) is 9.29. The third-order valence-electron chi connectivity index (χ3n) is 5.76. The van der Waals surface area contributed by atoms with Crippen molar-refractivity contribution >= 4 is 34.2 Å². The number of hydrogen-bond acceptors (Lipinski definition) is 4. The molecule has 0 spiro atoms. The first-order valence-electron chi connectivity index (χ1n) is 10.2. The number of carbonyl (C=O) groups is 1. The molecule has 1 aromatic rings. The fourth-order valence-electron chi connectivity index (χ4n) is 3.71. The number of nitrogen functional groups attached to an aromatic ring is 1. The Kier molecular flexibility index (Phi) is 7.23. The molecule has 0 aromatic heterocycles. The fourth-order valence-corrected chi connectivity index (χ4v) is 4.18. The number of piperidine rings is 1. The lowest BCUT2D eigenvalue weighted by Crippen LogP contribution is -2.53. The van der Waals surface area contributed by atoms with Crippen molar-refractivity contribution in [1.29, 1.82) is 0 Å². The van der Waals surface area contributed by atoms with Gasteiger partial charge in [0.15, 0.2) is 0 Å². The van der Waals surface area contributed by atoms with Crippen molar-refractivity contribution in [3.63, 3.8) is 0 Å². The van der Waals surface area contributed by atoms with Gasteiger partial charge in [0.2, 0.25) is 0 Å². The van der Waals surface area contributed by atoms with E-state index in [9.17, 15) is 9.18 Å².